The van der Waals surface area contributed by atoms with E-state index in [1.807, 2.05) is 0 Å². The zero-order valence-corrected chi connectivity index (χ0v) is 11.1. The molecular weight excluding hydrogens is 320 g/mol. The van der Waals surface area contributed by atoms with Gasteiger partial charge in [-0.2, -0.15) is 0 Å². The first kappa shape index (κ1) is 13.5. The second kappa shape index (κ2) is 5.36. The largest absolute Gasteiger partial charge is 0.456 e. The van der Waals surface area contributed by atoms with Gasteiger partial charge in [0.15, 0.2) is 0 Å². The molecular formula is C13H8BrF2NO2. The minimum atomic E-state index is -0.953. The molecule has 98 valence electrons. The molecule has 0 unspecified atom stereocenters. The van der Waals surface area contributed by atoms with E-state index in [1.54, 1.807) is 0 Å². The van der Waals surface area contributed by atoms with Gasteiger partial charge >= 0.3 is 0 Å². The Hall–Kier alpha value is -1.95. The molecule has 0 radical (unpaired) electrons. The van der Waals surface area contributed by atoms with Crippen molar-refractivity contribution < 1.29 is 18.3 Å². The average Bonchev–Trinajstić information content (AvgIpc) is 2.33. The van der Waals surface area contributed by atoms with Crippen molar-refractivity contribution in [3.8, 4) is 11.5 Å². The summed E-state index contributed by atoms with van der Waals surface area (Å²) >= 11 is 3.00. The fourth-order valence-electron chi connectivity index (χ4n) is 1.50. The fraction of sp³-hybridized carbons (Fsp3) is 0. The quantitative estimate of drug-likeness (QED) is 0.936. The van der Waals surface area contributed by atoms with Gasteiger partial charge in [0.2, 0.25) is 0 Å². The molecule has 0 aliphatic heterocycles. The van der Waals surface area contributed by atoms with Gasteiger partial charge in [-0.05, 0) is 40.2 Å². The van der Waals surface area contributed by atoms with E-state index in [2.05, 4.69) is 15.9 Å². The van der Waals surface area contributed by atoms with Crippen LogP contribution >= 0.6 is 15.9 Å². The first-order chi connectivity index (χ1) is 8.99. The molecule has 0 aliphatic rings. The summed E-state index contributed by atoms with van der Waals surface area (Å²) in [7, 11) is 0. The molecule has 3 nitrogen and oxygen atoms in total. The molecule has 0 spiro atoms. The van der Waals surface area contributed by atoms with Gasteiger partial charge in [0.25, 0.3) is 5.91 Å². The maximum atomic E-state index is 13.5. The third-order valence-electron chi connectivity index (χ3n) is 2.34. The standard InChI is InChI=1S/C13H8BrF2NO2/c14-8-5-4-7(6-10(8)16)19-11-3-1-2-9(15)12(11)13(17)18/h1-6H,(H2,17,18). The van der Waals surface area contributed by atoms with Gasteiger partial charge in [-0.3, -0.25) is 4.79 Å². The highest BCUT2D eigenvalue weighted by molar-refractivity contribution is 9.10. The molecule has 0 atom stereocenters. The normalized spacial score (nSPS) is 10.3. The van der Waals surface area contributed by atoms with Gasteiger partial charge in [0.05, 0.1) is 4.47 Å². The van der Waals surface area contributed by atoms with Gasteiger partial charge in [-0.25, -0.2) is 8.78 Å². The van der Waals surface area contributed by atoms with Crippen LogP contribution in [0.2, 0.25) is 0 Å². The molecule has 0 saturated heterocycles. The molecule has 0 aromatic heterocycles. The van der Waals surface area contributed by atoms with Crippen LogP contribution in [0.1, 0.15) is 10.4 Å². The van der Waals surface area contributed by atoms with E-state index in [0.29, 0.717) is 0 Å². The minimum absolute atomic E-state index is 0.0609. The molecule has 2 N–H and O–H groups in total. The van der Waals surface area contributed by atoms with Crippen molar-refractivity contribution in [3.63, 3.8) is 0 Å². The minimum Gasteiger partial charge on any atom is -0.456 e. The summed E-state index contributed by atoms with van der Waals surface area (Å²) in [5.41, 5.74) is 4.71. The molecule has 0 bridgehead atoms. The monoisotopic (exact) mass is 327 g/mol. The first-order valence-corrected chi connectivity index (χ1v) is 5.99. The number of primary amides is 1. The van der Waals surface area contributed by atoms with Crippen molar-refractivity contribution in [2.75, 3.05) is 0 Å². The summed E-state index contributed by atoms with van der Waals surface area (Å²) in [6, 6.07) is 7.86. The van der Waals surface area contributed by atoms with Crippen molar-refractivity contribution >= 4 is 21.8 Å². The van der Waals surface area contributed by atoms with Gasteiger partial charge in [0.1, 0.15) is 28.7 Å². The van der Waals surface area contributed by atoms with Gasteiger partial charge in [0, 0.05) is 6.07 Å². The van der Waals surface area contributed by atoms with E-state index in [1.165, 1.54) is 24.3 Å². The molecule has 0 aliphatic carbocycles. The van der Waals surface area contributed by atoms with Crippen LogP contribution in [0.4, 0.5) is 8.78 Å². The number of benzene rings is 2. The molecule has 0 saturated carbocycles. The lowest BCUT2D eigenvalue weighted by molar-refractivity contribution is 0.0994. The van der Waals surface area contributed by atoms with E-state index in [9.17, 15) is 13.6 Å². The second-order valence-corrected chi connectivity index (χ2v) is 4.51. The van der Waals surface area contributed by atoms with Gasteiger partial charge < -0.3 is 10.5 Å². The SMILES string of the molecule is NC(=O)c1c(F)cccc1Oc1ccc(Br)c(F)c1. The van der Waals surface area contributed by atoms with E-state index >= 15 is 0 Å². The Labute approximate surface area is 116 Å². The maximum absolute atomic E-state index is 13.5. The average molecular weight is 328 g/mol. The lowest BCUT2D eigenvalue weighted by atomic mass is 10.2. The number of hydrogen-bond donors (Lipinski definition) is 1. The van der Waals surface area contributed by atoms with E-state index in [-0.39, 0.29) is 21.5 Å². The fourth-order valence-corrected chi connectivity index (χ4v) is 1.74. The van der Waals surface area contributed by atoms with E-state index in [0.717, 1.165) is 12.1 Å². The lowest BCUT2D eigenvalue weighted by Crippen LogP contribution is -2.14. The van der Waals surface area contributed by atoms with Crippen molar-refractivity contribution in [2.45, 2.75) is 0 Å². The van der Waals surface area contributed by atoms with Crippen LogP contribution in [0, 0.1) is 11.6 Å². The van der Waals surface area contributed by atoms with Crippen LogP contribution in [0.3, 0.4) is 0 Å². The molecule has 0 fully saturated rings. The van der Waals surface area contributed by atoms with Crippen LogP contribution in [0.15, 0.2) is 40.9 Å². The van der Waals surface area contributed by atoms with Crippen LogP contribution < -0.4 is 10.5 Å². The summed E-state index contributed by atoms with van der Waals surface area (Å²) < 4.78 is 32.4. The van der Waals surface area contributed by atoms with Crippen molar-refractivity contribution in [1.82, 2.24) is 0 Å². The number of carbonyl (C=O) groups is 1. The topological polar surface area (TPSA) is 52.3 Å². The van der Waals surface area contributed by atoms with E-state index in [4.69, 9.17) is 10.5 Å². The number of ether oxygens (including phenoxy) is 1. The molecule has 6 heteroatoms. The number of rotatable bonds is 3. The summed E-state index contributed by atoms with van der Waals surface area (Å²) in [6.45, 7) is 0. The number of nitrogens with two attached hydrogens (primary N) is 1. The number of halogens is 3. The molecule has 1 amide bonds. The van der Waals surface area contributed by atoms with Gasteiger partial charge in [-0.15, -0.1) is 0 Å². The number of amides is 1. The highest BCUT2D eigenvalue weighted by atomic mass is 79.9. The molecule has 2 rings (SSSR count). The summed E-state index contributed by atoms with van der Waals surface area (Å²) in [6.07, 6.45) is 0. The second-order valence-electron chi connectivity index (χ2n) is 3.66. The Balaban J connectivity index is 2.40. The zero-order valence-electron chi connectivity index (χ0n) is 9.49. The third-order valence-corrected chi connectivity index (χ3v) is 2.98. The van der Waals surface area contributed by atoms with Crippen molar-refractivity contribution in [3.05, 3.63) is 58.1 Å². The molecule has 0 heterocycles. The number of carbonyl (C=O) groups excluding carboxylic acids is 1. The van der Waals surface area contributed by atoms with Crippen LogP contribution in [-0.4, -0.2) is 5.91 Å². The Bertz CT molecular complexity index is 647. The van der Waals surface area contributed by atoms with Crippen LogP contribution in [0.25, 0.3) is 0 Å². The number of hydrogen-bond acceptors (Lipinski definition) is 2. The Morgan fingerprint density at radius 1 is 1.16 bits per heavy atom. The lowest BCUT2D eigenvalue weighted by Gasteiger charge is -2.10. The first-order valence-electron chi connectivity index (χ1n) is 5.20. The summed E-state index contributed by atoms with van der Waals surface area (Å²) in [5, 5.41) is 0. The predicted molar refractivity (Wildman–Crippen MR) is 69.1 cm³/mol. The third kappa shape index (κ3) is 2.90. The van der Waals surface area contributed by atoms with Gasteiger partial charge in [-0.1, -0.05) is 6.07 Å². The predicted octanol–water partition coefficient (Wildman–Crippen LogP) is 3.62. The zero-order chi connectivity index (χ0) is 14.0. The molecule has 2 aromatic carbocycles. The highest BCUT2D eigenvalue weighted by Crippen LogP contribution is 2.29. The Kier molecular flexibility index (Phi) is 3.80. The van der Waals surface area contributed by atoms with Crippen molar-refractivity contribution in [1.29, 1.82) is 0 Å². The molecule has 2 aromatic rings. The van der Waals surface area contributed by atoms with Crippen LogP contribution in [0.5, 0.6) is 11.5 Å². The summed E-state index contributed by atoms with van der Waals surface area (Å²) in [5.74, 6) is -2.20. The highest BCUT2D eigenvalue weighted by Gasteiger charge is 2.16. The van der Waals surface area contributed by atoms with Crippen molar-refractivity contribution in [2.24, 2.45) is 5.73 Å². The smallest absolute Gasteiger partial charge is 0.255 e. The van der Waals surface area contributed by atoms with E-state index < -0.39 is 17.5 Å². The molecule has 19 heavy (non-hydrogen) atoms. The Morgan fingerprint density at radius 3 is 2.53 bits per heavy atom. The summed E-state index contributed by atoms with van der Waals surface area (Å²) in [4.78, 5) is 11.2. The Morgan fingerprint density at radius 2 is 1.89 bits per heavy atom. The van der Waals surface area contributed by atoms with Crippen LogP contribution in [-0.2, 0) is 0 Å². The maximum Gasteiger partial charge on any atom is 0.255 e.